The van der Waals surface area contributed by atoms with Gasteiger partial charge in [0.25, 0.3) is 5.91 Å². The number of hydrazine groups is 1. The summed E-state index contributed by atoms with van der Waals surface area (Å²) in [6.07, 6.45) is 8.18. The Labute approximate surface area is 147 Å². The Morgan fingerprint density at radius 1 is 1.00 bits per heavy atom. The number of benzene rings is 1. The predicted molar refractivity (Wildman–Crippen MR) is 92.3 cm³/mol. The standard InChI is InChI=1S/C19H23ClN2O2/c20-16-4-2-1-3-15(16)18(24)22-21-17(23)11-19-8-12-5-13(9-19)7-14(6-12)10-19/h1-4,12-14H,5-11H2,(H,21,23)(H,22,24). The molecule has 4 nitrogen and oxygen atoms in total. The van der Waals surface area contributed by atoms with Gasteiger partial charge in [0, 0.05) is 6.42 Å². The van der Waals surface area contributed by atoms with Gasteiger partial charge in [0.1, 0.15) is 0 Å². The molecular weight excluding hydrogens is 324 g/mol. The summed E-state index contributed by atoms with van der Waals surface area (Å²) < 4.78 is 0. The van der Waals surface area contributed by atoms with Gasteiger partial charge < -0.3 is 0 Å². The van der Waals surface area contributed by atoms with Crippen LogP contribution in [0.25, 0.3) is 0 Å². The van der Waals surface area contributed by atoms with Crippen LogP contribution in [0.2, 0.25) is 5.02 Å². The third-order valence-electron chi connectivity index (χ3n) is 6.13. The first-order valence-corrected chi connectivity index (χ1v) is 9.24. The minimum absolute atomic E-state index is 0.0858. The van der Waals surface area contributed by atoms with Crippen LogP contribution in [-0.2, 0) is 4.79 Å². The molecule has 2 amide bonds. The summed E-state index contributed by atoms with van der Waals surface area (Å²) in [6, 6.07) is 6.82. The van der Waals surface area contributed by atoms with Gasteiger partial charge in [-0.05, 0) is 73.8 Å². The minimum Gasteiger partial charge on any atom is -0.273 e. The fourth-order valence-corrected chi connectivity index (χ4v) is 5.95. The number of rotatable bonds is 3. The first-order chi connectivity index (χ1) is 11.5. The number of hydrogen-bond acceptors (Lipinski definition) is 2. The van der Waals surface area contributed by atoms with Crippen LogP contribution in [0.3, 0.4) is 0 Å². The van der Waals surface area contributed by atoms with Gasteiger partial charge >= 0.3 is 0 Å². The van der Waals surface area contributed by atoms with Crippen molar-refractivity contribution in [3.63, 3.8) is 0 Å². The zero-order valence-electron chi connectivity index (χ0n) is 13.7. The van der Waals surface area contributed by atoms with E-state index in [-0.39, 0.29) is 17.2 Å². The minimum atomic E-state index is -0.375. The lowest BCUT2D eigenvalue weighted by Gasteiger charge is -2.56. The van der Waals surface area contributed by atoms with Gasteiger partial charge in [-0.1, -0.05) is 23.7 Å². The topological polar surface area (TPSA) is 58.2 Å². The molecule has 2 N–H and O–H groups in total. The second-order valence-electron chi connectivity index (χ2n) is 8.08. The van der Waals surface area contributed by atoms with Crippen molar-refractivity contribution >= 4 is 23.4 Å². The van der Waals surface area contributed by atoms with Crippen molar-refractivity contribution in [2.45, 2.75) is 44.9 Å². The molecule has 4 aliphatic carbocycles. The fourth-order valence-electron chi connectivity index (χ4n) is 5.73. The lowest BCUT2D eigenvalue weighted by atomic mass is 9.49. The molecule has 4 aliphatic rings. The molecule has 0 radical (unpaired) electrons. The number of nitrogens with one attached hydrogen (secondary N) is 2. The van der Waals surface area contributed by atoms with Gasteiger partial charge in [0.05, 0.1) is 10.6 Å². The Morgan fingerprint density at radius 3 is 2.17 bits per heavy atom. The Hall–Kier alpha value is -1.55. The van der Waals surface area contributed by atoms with Gasteiger partial charge in [0.15, 0.2) is 0 Å². The molecule has 0 spiro atoms. The monoisotopic (exact) mass is 346 g/mol. The van der Waals surface area contributed by atoms with Crippen LogP contribution in [0, 0.1) is 23.2 Å². The second kappa shape index (κ2) is 6.07. The van der Waals surface area contributed by atoms with Crippen molar-refractivity contribution < 1.29 is 9.59 Å². The Kier molecular flexibility index (Phi) is 4.03. The molecule has 1 aromatic carbocycles. The van der Waals surface area contributed by atoms with Crippen molar-refractivity contribution in [3.8, 4) is 0 Å². The molecular formula is C19H23ClN2O2. The molecule has 1 aromatic rings. The summed E-state index contributed by atoms with van der Waals surface area (Å²) in [6.45, 7) is 0. The summed E-state index contributed by atoms with van der Waals surface area (Å²) in [5.41, 5.74) is 5.63. The normalized spacial score (nSPS) is 33.3. The molecule has 0 heterocycles. The zero-order valence-corrected chi connectivity index (χ0v) is 14.4. The third kappa shape index (κ3) is 3.04. The average molecular weight is 347 g/mol. The van der Waals surface area contributed by atoms with Crippen LogP contribution in [0.1, 0.15) is 55.3 Å². The summed E-state index contributed by atoms with van der Waals surface area (Å²) >= 11 is 6.01. The molecule has 5 heteroatoms. The highest BCUT2D eigenvalue weighted by Crippen LogP contribution is 2.61. The Bertz CT molecular complexity index is 638. The molecule has 4 saturated carbocycles. The lowest BCUT2D eigenvalue weighted by Crippen LogP contribution is -2.50. The Morgan fingerprint density at radius 2 is 1.58 bits per heavy atom. The maximum absolute atomic E-state index is 12.4. The van der Waals surface area contributed by atoms with E-state index in [0.29, 0.717) is 17.0 Å². The van der Waals surface area contributed by atoms with Crippen molar-refractivity contribution in [3.05, 3.63) is 34.9 Å². The SMILES string of the molecule is O=C(CC12CC3CC(CC(C3)C1)C2)NNC(=O)c1ccccc1Cl. The van der Waals surface area contributed by atoms with E-state index < -0.39 is 0 Å². The summed E-state index contributed by atoms with van der Waals surface area (Å²) in [5, 5.41) is 0.380. The largest absolute Gasteiger partial charge is 0.273 e. The van der Waals surface area contributed by atoms with Crippen LogP contribution >= 0.6 is 11.6 Å². The Balaban J connectivity index is 1.34. The molecule has 0 aliphatic heterocycles. The van der Waals surface area contributed by atoms with Crippen molar-refractivity contribution in [1.82, 2.24) is 10.9 Å². The number of hydrogen-bond donors (Lipinski definition) is 2. The van der Waals surface area contributed by atoms with Gasteiger partial charge in [-0.3, -0.25) is 20.4 Å². The number of halogens is 1. The van der Waals surface area contributed by atoms with E-state index in [9.17, 15) is 9.59 Å². The second-order valence-corrected chi connectivity index (χ2v) is 8.48. The van der Waals surface area contributed by atoms with Gasteiger partial charge in [-0.2, -0.15) is 0 Å². The molecule has 0 saturated heterocycles. The van der Waals surface area contributed by atoms with Crippen LogP contribution in [0.5, 0.6) is 0 Å². The maximum atomic E-state index is 12.4. The van der Waals surface area contributed by atoms with Crippen molar-refractivity contribution in [2.24, 2.45) is 23.2 Å². The average Bonchev–Trinajstić information content (AvgIpc) is 2.51. The van der Waals surface area contributed by atoms with E-state index in [1.54, 1.807) is 24.3 Å². The van der Waals surface area contributed by atoms with Crippen LogP contribution < -0.4 is 10.9 Å². The van der Waals surface area contributed by atoms with E-state index in [1.807, 2.05) is 0 Å². The fraction of sp³-hybridized carbons (Fsp3) is 0.579. The quantitative estimate of drug-likeness (QED) is 0.820. The van der Waals surface area contributed by atoms with Crippen LogP contribution in [0.4, 0.5) is 0 Å². The van der Waals surface area contributed by atoms with E-state index in [4.69, 9.17) is 11.6 Å². The van der Waals surface area contributed by atoms with E-state index in [2.05, 4.69) is 10.9 Å². The summed E-state index contributed by atoms with van der Waals surface area (Å²) in [4.78, 5) is 24.5. The lowest BCUT2D eigenvalue weighted by molar-refractivity contribution is -0.130. The molecule has 24 heavy (non-hydrogen) atoms. The molecule has 4 bridgehead atoms. The van der Waals surface area contributed by atoms with Crippen LogP contribution in [-0.4, -0.2) is 11.8 Å². The predicted octanol–water partition coefficient (Wildman–Crippen LogP) is 3.71. The molecule has 5 rings (SSSR count). The maximum Gasteiger partial charge on any atom is 0.271 e. The molecule has 0 atom stereocenters. The van der Waals surface area contributed by atoms with Gasteiger partial charge in [-0.15, -0.1) is 0 Å². The number of carbonyl (C=O) groups is 2. The van der Waals surface area contributed by atoms with Crippen LogP contribution in [0.15, 0.2) is 24.3 Å². The highest BCUT2D eigenvalue weighted by molar-refractivity contribution is 6.33. The smallest absolute Gasteiger partial charge is 0.271 e. The van der Waals surface area contributed by atoms with E-state index in [1.165, 1.54) is 38.5 Å². The molecule has 0 unspecified atom stereocenters. The summed E-state index contributed by atoms with van der Waals surface area (Å²) in [7, 11) is 0. The number of amides is 2. The van der Waals surface area contributed by atoms with E-state index >= 15 is 0 Å². The van der Waals surface area contributed by atoms with E-state index in [0.717, 1.165) is 17.8 Å². The zero-order chi connectivity index (χ0) is 16.7. The van der Waals surface area contributed by atoms with Gasteiger partial charge in [0.2, 0.25) is 5.91 Å². The summed E-state index contributed by atoms with van der Waals surface area (Å²) in [5.74, 6) is 2.00. The van der Waals surface area contributed by atoms with Gasteiger partial charge in [-0.25, -0.2) is 0 Å². The third-order valence-corrected chi connectivity index (χ3v) is 6.46. The first kappa shape index (κ1) is 15.9. The molecule has 4 fully saturated rings. The van der Waals surface area contributed by atoms with Crippen molar-refractivity contribution in [2.75, 3.05) is 0 Å². The highest BCUT2D eigenvalue weighted by atomic mass is 35.5. The highest BCUT2D eigenvalue weighted by Gasteiger charge is 2.51. The van der Waals surface area contributed by atoms with Crippen molar-refractivity contribution in [1.29, 1.82) is 0 Å². The molecule has 0 aromatic heterocycles. The number of carbonyl (C=O) groups excluding carboxylic acids is 2. The molecule has 128 valence electrons. The first-order valence-electron chi connectivity index (χ1n) is 8.87.